The predicted octanol–water partition coefficient (Wildman–Crippen LogP) is 3.32. The number of nitrogens with one attached hydrogen (secondary N) is 2. The highest BCUT2D eigenvalue weighted by Gasteiger charge is 2.19. The van der Waals surface area contributed by atoms with Crippen molar-refractivity contribution < 1.29 is 19.0 Å². The van der Waals surface area contributed by atoms with Crippen LogP contribution in [0.4, 0.5) is 0 Å². The van der Waals surface area contributed by atoms with E-state index in [2.05, 4.69) is 36.3 Å². The van der Waals surface area contributed by atoms with Crippen molar-refractivity contribution in [1.29, 1.82) is 0 Å². The topological polar surface area (TPSA) is 68.8 Å². The molecule has 0 aromatic carbocycles. The molecule has 0 unspecified atom stereocenters. The number of hydrogen-bond donors (Lipinski definition) is 2. The lowest BCUT2D eigenvalue weighted by Crippen LogP contribution is -2.25. The maximum Gasteiger partial charge on any atom is 0.223 e. The van der Waals surface area contributed by atoms with E-state index < -0.39 is 0 Å². The Morgan fingerprint density at radius 3 is 2.32 bits per heavy atom. The monoisotopic (exact) mass is 436 g/mol. The fourth-order valence-corrected chi connectivity index (χ4v) is 3.89. The van der Waals surface area contributed by atoms with Crippen LogP contribution in [-0.4, -0.2) is 69.8 Å². The Morgan fingerprint density at radius 1 is 1.04 bits per heavy atom. The van der Waals surface area contributed by atoms with Gasteiger partial charge in [0.1, 0.15) is 4.93 Å². The van der Waals surface area contributed by atoms with Crippen LogP contribution in [0, 0.1) is 11.8 Å². The van der Waals surface area contributed by atoms with Gasteiger partial charge in [0.15, 0.2) is 0 Å². The average Bonchev–Trinajstić information content (AvgIpc) is 2.69. The second kappa shape index (κ2) is 22.9. The minimum absolute atomic E-state index is 0.0444. The van der Waals surface area contributed by atoms with Crippen LogP contribution in [0.3, 0.4) is 0 Å². The third-order valence-corrected chi connectivity index (χ3v) is 5.96. The lowest BCUT2D eigenvalue weighted by molar-refractivity contribution is -0.122. The number of rotatable bonds is 16. The molecule has 0 bridgehead atoms. The molecule has 166 valence electrons. The Hall–Kier alpha value is -0.430. The van der Waals surface area contributed by atoms with Gasteiger partial charge in [-0.3, -0.25) is 4.79 Å². The summed E-state index contributed by atoms with van der Waals surface area (Å²) in [5.41, 5.74) is 0. The molecule has 28 heavy (non-hydrogen) atoms. The van der Waals surface area contributed by atoms with E-state index in [1.165, 1.54) is 0 Å². The third kappa shape index (κ3) is 23.6. The molecule has 0 saturated carbocycles. The molecule has 8 heteroatoms. The molecular formula is C20H40N2O4S2. The van der Waals surface area contributed by atoms with Gasteiger partial charge in [-0.2, -0.15) is 0 Å². The van der Waals surface area contributed by atoms with Gasteiger partial charge in [0.25, 0.3) is 0 Å². The highest BCUT2D eigenvalue weighted by Crippen LogP contribution is 2.35. The van der Waals surface area contributed by atoms with Crippen molar-refractivity contribution in [1.82, 2.24) is 10.6 Å². The number of carbonyl (C=O) groups excluding carboxylic acids is 1. The number of amides is 1. The van der Waals surface area contributed by atoms with Crippen molar-refractivity contribution in [3.8, 4) is 11.8 Å². The summed E-state index contributed by atoms with van der Waals surface area (Å²) >= 11 is 0. The normalized spacial score (nSPS) is 10.5. The van der Waals surface area contributed by atoms with Crippen LogP contribution in [0.1, 0.15) is 47.5 Å². The van der Waals surface area contributed by atoms with E-state index in [1.807, 2.05) is 27.8 Å². The van der Waals surface area contributed by atoms with Gasteiger partial charge in [0.2, 0.25) is 5.91 Å². The summed E-state index contributed by atoms with van der Waals surface area (Å²) in [6.45, 7) is 13.9. The van der Waals surface area contributed by atoms with Crippen molar-refractivity contribution in [2.75, 3.05) is 58.9 Å². The molecule has 0 aromatic heterocycles. The minimum Gasteiger partial charge on any atom is -0.379 e. The summed E-state index contributed by atoms with van der Waals surface area (Å²) in [6, 6.07) is 0. The lowest BCUT2D eigenvalue weighted by Gasteiger charge is -2.23. The highest BCUT2D eigenvalue weighted by molar-refractivity contribution is 8.77. The van der Waals surface area contributed by atoms with Gasteiger partial charge in [-0.15, -0.1) is 5.92 Å². The van der Waals surface area contributed by atoms with Gasteiger partial charge in [-0.1, -0.05) is 48.3 Å². The molecule has 0 aliphatic heterocycles. The number of carbonyl (C=O) groups is 1. The van der Waals surface area contributed by atoms with Gasteiger partial charge in [0, 0.05) is 25.1 Å². The first kappa shape index (κ1) is 29.8. The first-order chi connectivity index (χ1) is 13.5. The van der Waals surface area contributed by atoms with E-state index in [0.29, 0.717) is 46.0 Å². The Kier molecular flexibility index (Phi) is 24.3. The molecule has 0 fully saturated rings. The van der Waals surface area contributed by atoms with Crippen LogP contribution in [0.2, 0.25) is 0 Å². The van der Waals surface area contributed by atoms with Gasteiger partial charge in [0.05, 0.1) is 39.6 Å². The first-order valence-corrected chi connectivity index (χ1v) is 12.3. The molecule has 0 saturated heterocycles. The molecule has 0 spiro atoms. The SMILES string of the molecule is CC.CCC#CCNC(=O)CCOCCOCCOC(C)(C)SSCCNC. The first-order valence-electron chi connectivity index (χ1n) is 9.99. The number of ether oxygens (including phenoxy) is 3. The Labute approximate surface area is 180 Å². The standard InChI is InChI=1S/C18H34N2O4S2.C2H6/c1-5-6-7-9-20-17(21)8-11-22-12-13-23-14-15-24-18(2,3)26-25-16-10-19-4;1-2/h19H,5,8-16H2,1-4H3,(H,20,21);1-2H3. The van der Waals surface area contributed by atoms with Crippen LogP contribution in [0.5, 0.6) is 0 Å². The molecule has 0 aliphatic carbocycles. The van der Waals surface area contributed by atoms with Gasteiger partial charge in [-0.25, -0.2) is 0 Å². The maximum atomic E-state index is 11.5. The van der Waals surface area contributed by atoms with Gasteiger partial charge < -0.3 is 24.8 Å². The molecule has 0 aromatic rings. The van der Waals surface area contributed by atoms with Crippen LogP contribution in [0.25, 0.3) is 0 Å². The zero-order chi connectivity index (χ0) is 21.5. The maximum absolute atomic E-state index is 11.5. The molecule has 2 N–H and O–H groups in total. The average molecular weight is 437 g/mol. The summed E-state index contributed by atoms with van der Waals surface area (Å²) in [6.07, 6.45) is 1.14. The van der Waals surface area contributed by atoms with Gasteiger partial charge >= 0.3 is 0 Å². The van der Waals surface area contributed by atoms with Crippen molar-refractivity contribution in [2.24, 2.45) is 0 Å². The van der Waals surface area contributed by atoms with Crippen molar-refractivity contribution >= 4 is 27.5 Å². The molecule has 0 heterocycles. The fraction of sp³-hybridized carbons (Fsp3) is 0.850. The van der Waals surface area contributed by atoms with Crippen molar-refractivity contribution in [3.05, 3.63) is 0 Å². The Morgan fingerprint density at radius 2 is 1.68 bits per heavy atom. The molecule has 6 nitrogen and oxygen atoms in total. The van der Waals surface area contributed by atoms with Crippen molar-refractivity contribution in [3.63, 3.8) is 0 Å². The summed E-state index contributed by atoms with van der Waals surface area (Å²) in [5.74, 6) is 6.77. The number of hydrogen-bond acceptors (Lipinski definition) is 7. The second-order valence-corrected chi connectivity index (χ2v) is 8.72. The van der Waals surface area contributed by atoms with E-state index in [4.69, 9.17) is 14.2 Å². The van der Waals surface area contributed by atoms with E-state index in [1.54, 1.807) is 21.6 Å². The van der Waals surface area contributed by atoms with Crippen molar-refractivity contribution in [2.45, 2.75) is 52.4 Å². The smallest absolute Gasteiger partial charge is 0.223 e. The third-order valence-electron chi connectivity index (χ3n) is 2.89. The Balaban J connectivity index is 0. The zero-order valence-electron chi connectivity index (χ0n) is 18.5. The summed E-state index contributed by atoms with van der Waals surface area (Å²) in [7, 11) is 5.48. The van der Waals surface area contributed by atoms with Crippen LogP contribution in [0.15, 0.2) is 0 Å². The van der Waals surface area contributed by atoms with E-state index >= 15 is 0 Å². The molecular weight excluding hydrogens is 396 g/mol. The summed E-state index contributed by atoms with van der Waals surface area (Å²) < 4.78 is 16.7. The Bertz CT molecular complexity index is 413. The highest BCUT2D eigenvalue weighted by atomic mass is 33.1. The summed E-state index contributed by atoms with van der Waals surface area (Å²) in [4.78, 5) is 11.2. The van der Waals surface area contributed by atoms with Crippen LogP contribution in [-0.2, 0) is 19.0 Å². The summed E-state index contributed by atoms with van der Waals surface area (Å²) in [5, 5.41) is 5.84. The molecule has 0 aliphatic rings. The van der Waals surface area contributed by atoms with E-state index in [0.717, 1.165) is 18.7 Å². The molecule has 0 radical (unpaired) electrons. The lowest BCUT2D eigenvalue weighted by atomic mass is 10.4. The quantitative estimate of drug-likeness (QED) is 0.166. The largest absolute Gasteiger partial charge is 0.379 e. The second-order valence-electron chi connectivity index (χ2n) is 5.72. The minimum atomic E-state index is -0.229. The van der Waals surface area contributed by atoms with Crippen LogP contribution < -0.4 is 10.6 Å². The van der Waals surface area contributed by atoms with Gasteiger partial charge in [-0.05, 0) is 20.9 Å². The zero-order valence-corrected chi connectivity index (χ0v) is 20.2. The predicted molar refractivity (Wildman–Crippen MR) is 123 cm³/mol. The van der Waals surface area contributed by atoms with E-state index in [9.17, 15) is 4.79 Å². The molecule has 0 rings (SSSR count). The van der Waals surface area contributed by atoms with Crippen LogP contribution >= 0.6 is 21.6 Å². The fourth-order valence-electron chi connectivity index (χ4n) is 1.60. The van der Waals surface area contributed by atoms with E-state index in [-0.39, 0.29) is 10.8 Å². The molecule has 0 atom stereocenters. The molecule has 1 amide bonds.